The maximum Gasteiger partial charge on any atom is 0.411 e. The molecule has 0 aromatic heterocycles. The first-order valence-electron chi connectivity index (χ1n) is 11.6. The third-order valence-corrected chi connectivity index (χ3v) is 6.06. The highest BCUT2D eigenvalue weighted by atomic mass is 16.5. The highest BCUT2D eigenvalue weighted by Gasteiger charge is 2.29. The van der Waals surface area contributed by atoms with E-state index in [1.54, 1.807) is 18.2 Å². The molecule has 7 heteroatoms. The number of fused-ring (bicyclic) bond motifs is 3. The van der Waals surface area contributed by atoms with Crippen molar-refractivity contribution in [3.63, 3.8) is 0 Å². The number of ether oxygens (including phenoxy) is 1. The fourth-order valence-electron chi connectivity index (χ4n) is 4.46. The van der Waals surface area contributed by atoms with Crippen LogP contribution < -0.4 is 10.6 Å². The molecule has 180 valence electrons. The van der Waals surface area contributed by atoms with Gasteiger partial charge in [-0.1, -0.05) is 74.5 Å². The van der Waals surface area contributed by atoms with E-state index in [0.717, 1.165) is 22.3 Å². The van der Waals surface area contributed by atoms with Crippen LogP contribution in [0, 0.1) is 5.92 Å². The Balaban J connectivity index is 1.44. The SMILES string of the molecule is CC(C)C[C@H](NC(=O)c1ccccc1NC(=O)OCC1c2ccccc2-c2ccccc21)C(=O)O. The van der Waals surface area contributed by atoms with Crippen molar-refractivity contribution in [1.29, 1.82) is 0 Å². The van der Waals surface area contributed by atoms with Crippen LogP contribution >= 0.6 is 0 Å². The smallest absolute Gasteiger partial charge is 0.411 e. The fraction of sp³-hybridized carbons (Fsp3) is 0.250. The summed E-state index contributed by atoms with van der Waals surface area (Å²) in [5, 5.41) is 14.6. The van der Waals surface area contributed by atoms with Crippen LogP contribution in [-0.2, 0) is 9.53 Å². The van der Waals surface area contributed by atoms with Gasteiger partial charge in [0.25, 0.3) is 5.91 Å². The summed E-state index contributed by atoms with van der Waals surface area (Å²) in [4.78, 5) is 37.0. The Kier molecular flexibility index (Phi) is 7.15. The van der Waals surface area contributed by atoms with E-state index in [1.165, 1.54) is 6.07 Å². The second-order valence-corrected chi connectivity index (χ2v) is 8.99. The Labute approximate surface area is 204 Å². The number of nitrogens with one attached hydrogen (secondary N) is 2. The summed E-state index contributed by atoms with van der Waals surface area (Å²) in [7, 11) is 0. The molecule has 0 spiro atoms. The van der Waals surface area contributed by atoms with Crippen LogP contribution in [-0.4, -0.2) is 35.7 Å². The van der Waals surface area contributed by atoms with Gasteiger partial charge >= 0.3 is 12.1 Å². The number of carbonyl (C=O) groups excluding carboxylic acids is 2. The van der Waals surface area contributed by atoms with Crippen LogP contribution in [0.1, 0.15) is 47.7 Å². The van der Waals surface area contributed by atoms with Gasteiger partial charge in [0.1, 0.15) is 12.6 Å². The van der Waals surface area contributed by atoms with Gasteiger partial charge in [-0.25, -0.2) is 9.59 Å². The molecule has 1 aliphatic rings. The fourth-order valence-corrected chi connectivity index (χ4v) is 4.46. The number of anilines is 1. The zero-order chi connectivity index (χ0) is 24.9. The molecule has 3 aromatic carbocycles. The predicted molar refractivity (Wildman–Crippen MR) is 133 cm³/mol. The zero-order valence-electron chi connectivity index (χ0n) is 19.7. The van der Waals surface area contributed by atoms with E-state index in [4.69, 9.17) is 4.74 Å². The molecule has 0 saturated heterocycles. The minimum Gasteiger partial charge on any atom is -0.480 e. The first-order valence-corrected chi connectivity index (χ1v) is 11.6. The molecular formula is C28H28N2O5. The minimum atomic E-state index is -1.10. The van der Waals surface area contributed by atoms with Crippen molar-refractivity contribution in [2.45, 2.75) is 32.2 Å². The molecule has 0 fully saturated rings. The van der Waals surface area contributed by atoms with E-state index in [0.29, 0.717) is 6.42 Å². The molecule has 3 N–H and O–H groups in total. The average molecular weight is 473 g/mol. The Hall–Kier alpha value is -4.13. The predicted octanol–water partition coefficient (Wildman–Crippen LogP) is 5.28. The van der Waals surface area contributed by atoms with Crippen LogP contribution in [0.4, 0.5) is 10.5 Å². The summed E-state index contributed by atoms with van der Waals surface area (Å²) in [6.07, 6.45) is -0.396. The molecule has 0 radical (unpaired) electrons. The van der Waals surface area contributed by atoms with E-state index in [1.807, 2.05) is 50.2 Å². The minimum absolute atomic E-state index is 0.0842. The highest BCUT2D eigenvalue weighted by molar-refractivity contribution is 6.03. The summed E-state index contributed by atoms with van der Waals surface area (Å²) < 4.78 is 5.57. The lowest BCUT2D eigenvalue weighted by molar-refractivity contribution is -0.139. The van der Waals surface area contributed by atoms with Gasteiger partial charge < -0.3 is 15.2 Å². The van der Waals surface area contributed by atoms with Crippen molar-refractivity contribution in [2.24, 2.45) is 5.92 Å². The average Bonchev–Trinajstić information content (AvgIpc) is 3.16. The first-order chi connectivity index (χ1) is 16.8. The zero-order valence-corrected chi connectivity index (χ0v) is 19.7. The maximum absolute atomic E-state index is 12.8. The van der Waals surface area contributed by atoms with Crippen molar-refractivity contribution in [3.05, 3.63) is 89.5 Å². The van der Waals surface area contributed by atoms with Gasteiger partial charge in [0.2, 0.25) is 0 Å². The molecule has 35 heavy (non-hydrogen) atoms. The van der Waals surface area contributed by atoms with E-state index in [-0.39, 0.29) is 29.7 Å². The summed E-state index contributed by atoms with van der Waals surface area (Å²) in [6.45, 7) is 3.91. The summed E-state index contributed by atoms with van der Waals surface area (Å²) >= 11 is 0. The quantitative estimate of drug-likeness (QED) is 0.414. The molecule has 0 heterocycles. The maximum atomic E-state index is 12.8. The van der Waals surface area contributed by atoms with Gasteiger partial charge in [-0.2, -0.15) is 0 Å². The van der Waals surface area contributed by atoms with Gasteiger partial charge in [-0.3, -0.25) is 10.1 Å². The molecule has 0 bridgehead atoms. The van der Waals surface area contributed by atoms with Gasteiger partial charge in [0.05, 0.1) is 11.3 Å². The number of carboxylic acids is 1. The number of benzene rings is 3. The largest absolute Gasteiger partial charge is 0.480 e. The lowest BCUT2D eigenvalue weighted by atomic mass is 9.98. The van der Waals surface area contributed by atoms with Crippen LogP contribution in [0.2, 0.25) is 0 Å². The van der Waals surface area contributed by atoms with Gasteiger partial charge in [0.15, 0.2) is 0 Å². The monoisotopic (exact) mass is 472 g/mol. The van der Waals surface area contributed by atoms with E-state index in [9.17, 15) is 19.5 Å². The Morgan fingerprint density at radius 2 is 1.46 bits per heavy atom. The number of rotatable bonds is 8. The highest BCUT2D eigenvalue weighted by Crippen LogP contribution is 2.44. The van der Waals surface area contributed by atoms with Crippen molar-refractivity contribution < 1.29 is 24.2 Å². The van der Waals surface area contributed by atoms with E-state index in [2.05, 4.69) is 22.8 Å². The van der Waals surface area contributed by atoms with Crippen molar-refractivity contribution in [1.82, 2.24) is 5.32 Å². The molecule has 2 amide bonds. The standard InChI is InChI=1S/C28H28N2O5/c1-17(2)15-25(27(32)33)29-26(31)22-13-7-8-14-24(22)30-28(34)35-16-23-20-11-5-3-9-18(20)19-10-4-6-12-21(19)23/h3-14,17,23,25H,15-16H2,1-2H3,(H,29,31)(H,30,34)(H,32,33)/t25-/m0/s1. The Bertz CT molecular complexity index is 1210. The normalized spacial score (nSPS) is 13.0. The molecule has 1 atom stereocenters. The molecule has 1 aliphatic carbocycles. The van der Waals surface area contributed by atoms with Crippen LogP contribution in [0.25, 0.3) is 11.1 Å². The van der Waals surface area contributed by atoms with Crippen LogP contribution in [0.3, 0.4) is 0 Å². The number of hydrogen-bond acceptors (Lipinski definition) is 4. The second kappa shape index (κ2) is 10.4. The number of amides is 2. The molecular weight excluding hydrogens is 444 g/mol. The van der Waals surface area contributed by atoms with Gasteiger partial charge in [0, 0.05) is 5.92 Å². The summed E-state index contributed by atoms with van der Waals surface area (Å²) in [6, 6.07) is 21.5. The second-order valence-electron chi connectivity index (χ2n) is 8.99. The van der Waals surface area contributed by atoms with E-state index < -0.39 is 24.0 Å². The van der Waals surface area contributed by atoms with Crippen molar-refractivity contribution >= 4 is 23.7 Å². The van der Waals surface area contributed by atoms with Crippen LogP contribution in [0.15, 0.2) is 72.8 Å². The van der Waals surface area contributed by atoms with Crippen molar-refractivity contribution in [2.75, 3.05) is 11.9 Å². The van der Waals surface area contributed by atoms with Gasteiger partial charge in [-0.15, -0.1) is 0 Å². The lowest BCUT2D eigenvalue weighted by Crippen LogP contribution is -2.41. The number of aliphatic carboxylic acids is 1. The topological polar surface area (TPSA) is 105 Å². The number of para-hydroxylation sites is 1. The molecule has 0 saturated carbocycles. The third kappa shape index (κ3) is 5.35. The molecule has 0 aliphatic heterocycles. The summed E-state index contributed by atoms with van der Waals surface area (Å²) in [5.74, 6) is -1.67. The number of carboxylic acid groups (broad SMARTS) is 1. The van der Waals surface area contributed by atoms with Gasteiger partial charge in [-0.05, 0) is 46.7 Å². The molecule has 7 nitrogen and oxygen atoms in total. The molecule has 0 unspecified atom stereocenters. The van der Waals surface area contributed by atoms with Crippen LogP contribution in [0.5, 0.6) is 0 Å². The molecule has 4 rings (SSSR count). The first kappa shape index (κ1) is 24.0. The Morgan fingerprint density at radius 3 is 2.06 bits per heavy atom. The molecule has 3 aromatic rings. The third-order valence-electron chi connectivity index (χ3n) is 6.06. The number of hydrogen-bond donors (Lipinski definition) is 3. The number of carbonyl (C=O) groups is 3. The van der Waals surface area contributed by atoms with Crippen molar-refractivity contribution in [3.8, 4) is 11.1 Å². The lowest BCUT2D eigenvalue weighted by Gasteiger charge is -2.18. The van der Waals surface area contributed by atoms with E-state index >= 15 is 0 Å². The summed E-state index contributed by atoms with van der Waals surface area (Å²) in [5.41, 5.74) is 4.88. The Morgan fingerprint density at radius 1 is 0.886 bits per heavy atom.